The van der Waals surface area contributed by atoms with Crippen LogP contribution < -0.4 is 0 Å². The van der Waals surface area contributed by atoms with Crippen LogP contribution in [0.25, 0.3) is 0 Å². The molecule has 1 aliphatic carbocycles. The van der Waals surface area contributed by atoms with Crippen molar-refractivity contribution in [3.8, 4) is 0 Å². The summed E-state index contributed by atoms with van der Waals surface area (Å²) in [5.74, 6) is 0.368. The standard InChI is InChI=1S/C16H16O/c17-12-15-11-16(15,13-7-3-1-4-8-13)14-9-5-2-6-10-14/h1-10,15,17H,11-12H2/t15-/m1/s1. The van der Waals surface area contributed by atoms with Gasteiger partial charge in [-0.2, -0.15) is 0 Å². The summed E-state index contributed by atoms with van der Waals surface area (Å²) in [4.78, 5) is 0. The number of aliphatic hydroxyl groups excluding tert-OH is 1. The Morgan fingerprint density at radius 1 is 0.882 bits per heavy atom. The van der Waals surface area contributed by atoms with Gasteiger partial charge in [0, 0.05) is 12.0 Å². The first-order valence-electron chi connectivity index (χ1n) is 6.10. The minimum Gasteiger partial charge on any atom is -0.396 e. The Labute approximate surface area is 102 Å². The molecule has 1 fully saturated rings. The Hall–Kier alpha value is -1.60. The molecule has 0 aliphatic heterocycles. The van der Waals surface area contributed by atoms with Crippen molar-refractivity contribution in [2.45, 2.75) is 11.8 Å². The van der Waals surface area contributed by atoms with Crippen LogP contribution in [0.2, 0.25) is 0 Å². The highest BCUT2D eigenvalue weighted by Crippen LogP contribution is 2.58. The quantitative estimate of drug-likeness (QED) is 0.849. The van der Waals surface area contributed by atoms with Gasteiger partial charge in [-0.25, -0.2) is 0 Å². The molecule has 0 bridgehead atoms. The van der Waals surface area contributed by atoms with Crippen molar-refractivity contribution < 1.29 is 5.11 Å². The van der Waals surface area contributed by atoms with E-state index < -0.39 is 0 Å². The summed E-state index contributed by atoms with van der Waals surface area (Å²) < 4.78 is 0. The summed E-state index contributed by atoms with van der Waals surface area (Å²) in [7, 11) is 0. The maximum absolute atomic E-state index is 9.46. The molecule has 2 aromatic carbocycles. The van der Waals surface area contributed by atoms with Crippen LogP contribution in [0.5, 0.6) is 0 Å². The van der Waals surface area contributed by atoms with Crippen LogP contribution in [0.15, 0.2) is 60.7 Å². The molecule has 0 unspecified atom stereocenters. The Morgan fingerprint density at radius 2 is 1.35 bits per heavy atom. The zero-order valence-electron chi connectivity index (χ0n) is 9.71. The lowest BCUT2D eigenvalue weighted by atomic mass is 9.86. The van der Waals surface area contributed by atoms with E-state index in [4.69, 9.17) is 0 Å². The van der Waals surface area contributed by atoms with Crippen LogP contribution in [0, 0.1) is 5.92 Å². The van der Waals surface area contributed by atoms with E-state index >= 15 is 0 Å². The van der Waals surface area contributed by atoms with Crippen molar-refractivity contribution in [2.75, 3.05) is 6.61 Å². The summed E-state index contributed by atoms with van der Waals surface area (Å²) in [5, 5.41) is 9.46. The summed E-state index contributed by atoms with van der Waals surface area (Å²) in [6.45, 7) is 0.268. The molecule has 0 amide bonds. The van der Waals surface area contributed by atoms with Gasteiger partial charge in [0.15, 0.2) is 0 Å². The Bertz CT molecular complexity index is 450. The molecule has 1 aliphatic rings. The van der Waals surface area contributed by atoms with Crippen molar-refractivity contribution in [3.05, 3.63) is 71.8 Å². The second kappa shape index (κ2) is 4.01. The molecule has 0 heterocycles. The topological polar surface area (TPSA) is 20.2 Å². The summed E-state index contributed by atoms with van der Waals surface area (Å²) >= 11 is 0. The monoisotopic (exact) mass is 224 g/mol. The lowest BCUT2D eigenvalue weighted by molar-refractivity contribution is 0.268. The normalized spacial score (nSPS) is 21.1. The van der Waals surface area contributed by atoms with Crippen molar-refractivity contribution in [3.63, 3.8) is 0 Å². The Kier molecular flexibility index (Phi) is 2.49. The van der Waals surface area contributed by atoms with Crippen molar-refractivity contribution >= 4 is 0 Å². The Balaban J connectivity index is 2.08. The molecule has 1 N–H and O–H groups in total. The molecule has 86 valence electrons. The number of benzene rings is 2. The van der Waals surface area contributed by atoms with E-state index in [2.05, 4.69) is 48.5 Å². The predicted octanol–water partition coefficient (Wildman–Crippen LogP) is 2.98. The van der Waals surface area contributed by atoms with E-state index in [-0.39, 0.29) is 12.0 Å². The fourth-order valence-corrected chi connectivity index (χ4v) is 2.90. The molecule has 0 aromatic heterocycles. The van der Waals surface area contributed by atoms with E-state index in [9.17, 15) is 5.11 Å². The SMILES string of the molecule is OC[C@H]1CC1(c1ccccc1)c1ccccc1. The number of aliphatic hydroxyl groups is 1. The maximum Gasteiger partial charge on any atom is 0.0471 e. The van der Waals surface area contributed by atoms with E-state index in [1.165, 1.54) is 11.1 Å². The minimum atomic E-state index is 0.0528. The third-order valence-corrected chi connectivity index (χ3v) is 3.90. The Morgan fingerprint density at radius 3 is 1.71 bits per heavy atom. The second-order valence-electron chi connectivity index (χ2n) is 4.79. The molecular weight excluding hydrogens is 208 g/mol. The molecule has 17 heavy (non-hydrogen) atoms. The van der Waals surface area contributed by atoms with Gasteiger partial charge in [-0.05, 0) is 23.5 Å². The third kappa shape index (κ3) is 1.58. The van der Waals surface area contributed by atoms with E-state index in [1.807, 2.05) is 12.1 Å². The highest BCUT2D eigenvalue weighted by atomic mass is 16.3. The van der Waals surface area contributed by atoms with Crippen LogP contribution in [-0.2, 0) is 5.41 Å². The molecule has 1 nitrogen and oxygen atoms in total. The van der Waals surface area contributed by atoms with Crippen LogP contribution >= 0.6 is 0 Å². The van der Waals surface area contributed by atoms with E-state index in [0.29, 0.717) is 5.92 Å². The zero-order valence-corrected chi connectivity index (χ0v) is 9.71. The van der Waals surface area contributed by atoms with Crippen LogP contribution in [0.4, 0.5) is 0 Å². The van der Waals surface area contributed by atoms with Gasteiger partial charge in [0.05, 0.1) is 0 Å². The average Bonchev–Trinajstić information content (AvgIpc) is 3.17. The smallest absolute Gasteiger partial charge is 0.0471 e. The molecular formula is C16H16O. The predicted molar refractivity (Wildman–Crippen MR) is 68.9 cm³/mol. The van der Waals surface area contributed by atoms with Gasteiger partial charge >= 0.3 is 0 Å². The maximum atomic E-state index is 9.46. The molecule has 1 atom stereocenters. The summed E-state index contributed by atoms with van der Waals surface area (Å²) in [6.07, 6.45) is 1.05. The van der Waals surface area contributed by atoms with Crippen molar-refractivity contribution in [1.82, 2.24) is 0 Å². The number of hydrogen-bond donors (Lipinski definition) is 1. The molecule has 2 aromatic rings. The van der Waals surface area contributed by atoms with Gasteiger partial charge in [-0.15, -0.1) is 0 Å². The van der Waals surface area contributed by atoms with E-state index in [0.717, 1.165) is 6.42 Å². The average molecular weight is 224 g/mol. The van der Waals surface area contributed by atoms with Gasteiger partial charge < -0.3 is 5.11 Å². The van der Waals surface area contributed by atoms with Gasteiger partial charge in [0.1, 0.15) is 0 Å². The first kappa shape index (κ1) is 10.5. The van der Waals surface area contributed by atoms with Crippen LogP contribution in [-0.4, -0.2) is 11.7 Å². The van der Waals surface area contributed by atoms with E-state index in [1.54, 1.807) is 0 Å². The molecule has 1 heteroatoms. The van der Waals surface area contributed by atoms with Crippen LogP contribution in [0.1, 0.15) is 17.5 Å². The molecule has 0 spiro atoms. The number of rotatable bonds is 3. The van der Waals surface area contributed by atoms with Gasteiger partial charge in [0.2, 0.25) is 0 Å². The van der Waals surface area contributed by atoms with Gasteiger partial charge in [-0.3, -0.25) is 0 Å². The first-order valence-corrected chi connectivity index (χ1v) is 6.10. The zero-order chi connectivity index (χ0) is 11.7. The summed E-state index contributed by atoms with van der Waals surface area (Å²) in [5.41, 5.74) is 2.70. The fourth-order valence-electron chi connectivity index (χ4n) is 2.90. The number of hydrogen-bond acceptors (Lipinski definition) is 1. The largest absolute Gasteiger partial charge is 0.396 e. The van der Waals surface area contributed by atoms with Crippen molar-refractivity contribution in [2.24, 2.45) is 5.92 Å². The lowest BCUT2D eigenvalue weighted by Gasteiger charge is -2.18. The molecule has 1 saturated carbocycles. The molecule has 0 radical (unpaired) electrons. The highest BCUT2D eigenvalue weighted by molar-refractivity contribution is 5.46. The highest BCUT2D eigenvalue weighted by Gasteiger charge is 2.55. The van der Waals surface area contributed by atoms with Crippen molar-refractivity contribution in [1.29, 1.82) is 0 Å². The summed E-state index contributed by atoms with van der Waals surface area (Å²) in [6, 6.07) is 21.1. The minimum absolute atomic E-state index is 0.0528. The third-order valence-electron chi connectivity index (χ3n) is 3.90. The lowest BCUT2D eigenvalue weighted by Crippen LogP contribution is -2.13. The molecule has 0 saturated heterocycles. The molecule has 3 rings (SSSR count). The fraction of sp³-hybridized carbons (Fsp3) is 0.250. The van der Waals surface area contributed by atoms with Gasteiger partial charge in [-0.1, -0.05) is 60.7 Å². The van der Waals surface area contributed by atoms with Gasteiger partial charge in [0.25, 0.3) is 0 Å². The van der Waals surface area contributed by atoms with Crippen LogP contribution in [0.3, 0.4) is 0 Å². The first-order chi connectivity index (χ1) is 8.38. The second-order valence-corrected chi connectivity index (χ2v) is 4.79.